The zero-order valence-corrected chi connectivity index (χ0v) is 16.2. The maximum Gasteiger partial charge on any atom is 0.209 e. The number of aromatic nitrogens is 1. The van der Waals surface area contributed by atoms with Gasteiger partial charge in [-0.3, -0.25) is 4.90 Å². The van der Waals surface area contributed by atoms with E-state index in [1.807, 2.05) is 24.3 Å². The Hall–Kier alpha value is -1.86. The van der Waals surface area contributed by atoms with Crippen LogP contribution in [0, 0.1) is 0 Å². The maximum absolute atomic E-state index is 11.8. The number of hydrogen-bond donors (Lipinski definition) is 0. The number of unbranched alkanes of at least 4 members (excludes halogenated alkanes) is 1. The van der Waals surface area contributed by atoms with Gasteiger partial charge in [0.1, 0.15) is 5.75 Å². The number of sulfone groups is 1. The molecule has 142 valence electrons. The van der Waals surface area contributed by atoms with E-state index in [2.05, 4.69) is 16.8 Å². The summed E-state index contributed by atoms with van der Waals surface area (Å²) in [5.74, 6) is 2.64. The van der Waals surface area contributed by atoms with E-state index >= 15 is 0 Å². The normalized spacial score (nSPS) is 19.1. The van der Waals surface area contributed by atoms with Crippen molar-refractivity contribution in [3.63, 3.8) is 0 Å². The first-order chi connectivity index (χ1) is 12.5. The number of benzene rings is 1. The average molecular weight is 378 g/mol. The monoisotopic (exact) mass is 378 g/mol. The molecule has 1 aliphatic heterocycles. The Labute approximate surface area is 155 Å². The van der Waals surface area contributed by atoms with E-state index in [9.17, 15) is 8.42 Å². The highest BCUT2D eigenvalue weighted by molar-refractivity contribution is 7.91. The first-order valence-corrected chi connectivity index (χ1v) is 10.9. The molecular formula is C19H26N2O4S. The Morgan fingerprint density at radius 2 is 2.08 bits per heavy atom. The Morgan fingerprint density at radius 1 is 1.31 bits per heavy atom. The summed E-state index contributed by atoms with van der Waals surface area (Å²) in [5.41, 5.74) is 0.938. The van der Waals surface area contributed by atoms with Crippen molar-refractivity contribution in [2.45, 2.75) is 38.8 Å². The average Bonchev–Trinajstić information content (AvgIpc) is 3.25. The topological polar surface area (TPSA) is 72.6 Å². The van der Waals surface area contributed by atoms with E-state index in [0.29, 0.717) is 24.6 Å². The molecule has 1 aromatic carbocycles. The van der Waals surface area contributed by atoms with Crippen molar-refractivity contribution in [3.8, 4) is 17.1 Å². The predicted molar refractivity (Wildman–Crippen MR) is 101 cm³/mol. The molecule has 1 fully saturated rings. The number of nitrogens with zero attached hydrogens (tertiary/aromatic N) is 2. The standard InChI is InChI=1S/C19H26N2O4S/c1-3-4-10-21(16-9-11-26(22,23)14-16)13-19-20-12-18(25-19)15-5-7-17(24-2)8-6-15/h5-8,12,16H,3-4,9-11,13-14H2,1-2H3. The van der Waals surface area contributed by atoms with Crippen LogP contribution in [0.5, 0.6) is 5.75 Å². The highest BCUT2D eigenvalue weighted by atomic mass is 32.2. The Bertz CT molecular complexity index is 814. The van der Waals surface area contributed by atoms with Crippen LogP contribution in [0.3, 0.4) is 0 Å². The van der Waals surface area contributed by atoms with Gasteiger partial charge in [0.05, 0.1) is 31.4 Å². The van der Waals surface area contributed by atoms with Crippen molar-refractivity contribution in [3.05, 3.63) is 36.4 Å². The summed E-state index contributed by atoms with van der Waals surface area (Å²) in [7, 11) is -1.27. The van der Waals surface area contributed by atoms with Crippen molar-refractivity contribution < 1.29 is 17.6 Å². The second-order valence-corrected chi connectivity index (χ2v) is 8.96. The van der Waals surface area contributed by atoms with E-state index in [1.54, 1.807) is 13.3 Å². The Balaban J connectivity index is 1.71. The van der Waals surface area contributed by atoms with Gasteiger partial charge in [-0.1, -0.05) is 13.3 Å². The van der Waals surface area contributed by atoms with E-state index in [4.69, 9.17) is 9.15 Å². The fourth-order valence-electron chi connectivity index (χ4n) is 3.26. The molecule has 0 amide bonds. The molecule has 6 nitrogen and oxygen atoms in total. The summed E-state index contributed by atoms with van der Waals surface area (Å²) in [6.07, 6.45) is 4.51. The highest BCUT2D eigenvalue weighted by Crippen LogP contribution is 2.25. The largest absolute Gasteiger partial charge is 0.497 e. The number of hydrogen-bond acceptors (Lipinski definition) is 6. The first-order valence-electron chi connectivity index (χ1n) is 9.04. The predicted octanol–water partition coefficient (Wildman–Crippen LogP) is 3.14. The minimum atomic E-state index is -2.91. The number of methoxy groups -OCH3 is 1. The van der Waals surface area contributed by atoms with Crippen LogP contribution in [0.15, 0.2) is 34.9 Å². The molecule has 1 atom stereocenters. The zero-order valence-electron chi connectivity index (χ0n) is 15.3. The van der Waals surface area contributed by atoms with Gasteiger partial charge in [-0.25, -0.2) is 13.4 Å². The molecule has 0 spiro atoms. The summed E-state index contributed by atoms with van der Waals surface area (Å²) in [5, 5.41) is 0. The number of oxazole rings is 1. The van der Waals surface area contributed by atoms with E-state index < -0.39 is 9.84 Å². The number of rotatable bonds is 8. The summed E-state index contributed by atoms with van der Waals surface area (Å²) < 4.78 is 34.8. The fraction of sp³-hybridized carbons (Fsp3) is 0.526. The second kappa shape index (κ2) is 8.22. The minimum absolute atomic E-state index is 0.0582. The van der Waals surface area contributed by atoms with Crippen LogP contribution in [-0.2, 0) is 16.4 Å². The molecule has 2 aromatic rings. The van der Waals surface area contributed by atoms with Gasteiger partial charge in [-0.15, -0.1) is 0 Å². The SMILES string of the molecule is CCCCN(Cc1ncc(-c2ccc(OC)cc2)o1)C1CCS(=O)(=O)C1. The summed E-state index contributed by atoms with van der Waals surface area (Å²) >= 11 is 0. The molecule has 0 radical (unpaired) electrons. The summed E-state index contributed by atoms with van der Waals surface area (Å²) in [6, 6.07) is 7.69. The molecule has 1 saturated heterocycles. The summed E-state index contributed by atoms with van der Waals surface area (Å²) in [6.45, 7) is 3.53. The lowest BCUT2D eigenvalue weighted by molar-refractivity contribution is 0.182. The van der Waals surface area contributed by atoms with Crippen molar-refractivity contribution in [2.24, 2.45) is 0 Å². The van der Waals surface area contributed by atoms with Crippen LogP contribution in [0.4, 0.5) is 0 Å². The van der Waals surface area contributed by atoms with Crippen molar-refractivity contribution >= 4 is 9.84 Å². The van der Waals surface area contributed by atoms with Crippen molar-refractivity contribution in [1.82, 2.24) is 9.88 Å². The van der Waals surface area contributed by atoms with Crippen LogP contribution >= 0.6 is 0 Å². The van der Waals surface area contributed by atoms with Crippen LogP contribution < -0.4 is 4.74 Å². The smallest absolute Gasteiger partial charge is 0.209 e. The molecule has 3 rings (SSSR count). The van der Waals surface area contributed by atoms with Gasteiger partial charge in [0, 0.05) is 11.6 Å². The molecule has 26 heavy (non-hydrogen) atoms. The van der Waals surface area contributed by atoms with Crippen LogP contribution in [0.2, 0.25) is 0 Å². The fourth-order valence-corrected chi connectivity index (χ4v) is 5.02. The van der Waals surface area contributed by atoms with Gasteiger partial charge < -0.3 is 9.15 Å². The van der Waals surface area contributed by atoms with Gasteiger partial charge >= 0.3 is 0 Å². The van der Waals surface area contributed by atoms with Gasteiger partial charge in [0.25, 0.3) is 0 Å². The molecule has 0 saturated carbocycles. The first kappa shape index (κ1) is 18.9. The van der Waals surface area contributed by atoms with E-state index in [1.165, 1.54) is 0 Å². The maximum atomic E-state index is 11.8. The third kappa shape index (κ3) is 4.65. The molecular weight excluding hydrogens is 352 g/mol. The molecule has 1 aliphatic rings. The lowest BCUT2D eigenvalue weighted by atomic mass is 10.2. The van der Waals surface area contributed by atoms with Crippen LogP contribution in [-0.4, -0.2) is 49.5 Å². The van der Waals surface area contributed by atoms with Gasteiger partial charge in [0.15, 0.2) is 15.6 Å². The molecule has 1 unspecified atom stereocenters. The Kier molecular flexibility index (Phi) is 5.98. The molecule has 0 N–H and O–H groups in total. The zero-order chi connectivity index (χ0) is 18.6. The number of ether oxygens (including phenoxy) is 1. The van der Waals surface area contributed by atoms with Gasteiger partial charge in [0.2, 0.25) is 5.89 Å². The minimum Gasteiger partial charge on any atom is -0.497 e. The lowest BCUT2D eigenvalue weighted by Gasteiger charge is -2.26. The third-order valence-electron chi connectivity index (χ3n) is 4.79. The quantitative estimate of drug-likeness (QED) is 0.703. The van der Waals surface area contributed by atoms with E-state index in [-0.39, 0.29) is 17.5 Å². The van der Waals surface area contributed by atoms with Gasteiger partial charge in [-0.2, -0.15) is 0 Å². The third-order valence-corrected chi connectivity index (χ3v) is 6.54. The highest BCUT2D eigenvalue weighted by Gasteiger charge is 2.32. The second-order valence-electron chi connectivity index (χ2n) is 6.73. The molecule has 7 heteroatoms. The van der Waals surface area contributed by atoms with Crippen LogP contribution in [0.25, 0.3) is 11.3 Å². The van der Waals surface area contributed by atoms with Crippen LogP contribution in [0.1, 0.15) is 32.1 Å². The lowest BCUT2D eigenvalue weighted by Crippen LogP contribution is -2.36. The van der Waals surface area contributed by atoms with Crippen molar-refractivity contribution in [1.29, 1.82) is 0 Å². The molecule has 0 bridgehead atoms. The Morgan fingerprint density at radius 3 is 2.69 bits per heavy atom. The molecule has 0 aliphatic carbocycles. The van der Waals surface area contributed by atoms with Crippen molar-refractivity contribution in [2.75, 3.05) is 25.2 Å². The molecule has 2 heterocycles. The molecule has 1 aromatic heterocycles. The summed E-state index contributed by atoms with van der Waals surface area (Å²) in [4.78, 5) is 6.61. The van der Waals surface area contributed by atoms with E-state index in [0.717, 1.165) is 30.7 Å². The van der Waals surface area contributed by atoms with Gasteiger partial charge in [-0.05, 0) is 43.7 Å².